The largest absolute Gasteiger partial charge is 0.396 e. The van der Waals surface area contributed by atoms with Crippen molar-refractivity contribution in [3.8, 4) is 0 Å². The maximum Gasteiger partial charge on any atom is 0.129 e. The van der Waals surface area contributed by atoms with Gasteiger partial charge in [0.1, 0.15) is 5.82 Å². The number of rotatable bonds is 2. The Labute approximate surface area is 88.7 Å². The van der Waals surface area contributed by atoms with Gasteiger partial charge in [-0.05, 0) is 18.9 Å². The molecule has 0 bridgehead atoms. The monoisotopic (exact) mass is 210 g/mol. The quantitative estimate of drug-likeness (QED) is 0.811. The van der Waals surface area contributed by atoms with Gasteiger partial charge in [0.15, 0.2) is 0 Å². The minimum Gasteiger partial charge on any atom is -0.396 e. The van der Waals surface area contributed by atoms with Crippen LogP contribution >= 0.6 is 0 Å². The van der Waals surface area contributed by atoms with Crippen LogP contribution in [-0.4, -0.2) is 18.3 Å². The highest BCUT2D eigenvalue weighted by molar-refractivity contribution is 5.21. The lowest BCUT2D eigenvalue weighted by atomic mass is 9.90. The number of hydrogen-bond acceptors (Lipinski definition) is 2. The Morgan fingerprint density at radius 1 is 1.40 bits per heavy atom. The van der Waals surface area contributed by atoms with Crippen LogP contribution < -0.4 is 0 Å². The molecular formula is C12H15FO2. The summed E-state index contributed by atoms with van der Waals surface area (Å²) in [5.74, 6) is -0.224. The van der Waals surface area contributed by atoms with Crippen LogP contribution in [0.15, 0.2) is 24.3 Å². The molecule has 1 fully saturated rings. The summed E-state index contributed by atoms with van der Waals surface area (Å²) in [7, 11) is 0. The van der Waals surface area contributed by atoms with Gasteiger partial charge >= 0.3 is 0 Å². The Morgan fingerprint density at radius 2 is 2.20 bits per heavy atom. The van der Waals surface area contributed by atoms with Crippen LogP contribution in [0, 0.1) is 11.7 Å². The van der Waals surface area contributed by atoms with Crippen molar-refractivity contribution in [2.75, 3.05) is 13.2 Å². The molecule has 0 spiro atoms. The fraction of sp³-hybridized carbons (Fsp3) is 0.500. The van der Waals surface area contributed by atoms with E-state index in [0.29, 0.717) is 12.2 Å². The van der Waals surface area contributed by atoms with Gasteiger partial charge in [-0.1, -0.05) is 18.2 Å². The second-order valence-corrected chi connectivity index (χ2v) is 3.90. The summed E-state index contributed by atoms with van der Waals surface area (Å²) >= 11 is 0. The molecule has 2 rings (SSSR count). The normalized spacial score (nSPS) is 26.5. The molecular weight excluding hydrogens is 195 g/mol. The highest BCUT2D eigenvalue weighted by atomic mass is 19.1. The van der Waals surface area contributed by atoms with E-state index in [1.807, 2.05) is 0 Å². The Bertz CT molecular complexity index is 327. The van der Waals surface area contributed by atoms with Gasteiger partial charge in [0.05, 0.1) is 6.10 Å². The molecule has 15 heavy (non-hydrogen) atoms. The minimum atomic E-state index is -0.287. The summed E-state index contributed by atoms with van der Waals surface area (Å²) in [4.78, 5) is 0. The van der Waals surface area contributed by atoms with Gasteiger partial charge in [-0.3, -0.25) is 0 Å². The van der Waals surface area contributed by atoms with Gasteiger partial charge < -0.3 is 9.84 Å². The summed E-state index contributed by atoms with van der Waals surface area (Å²) in [6, 6.07) is 6.62. The van der Waals surface area contributed by atoms with Gasteiger partial charge in [0.25, 0.3) is 0 Å². The fourth-order valence-corrected chi connectivity index (χ4v) is 2.08. The predicted molar refractivity (Wildman–Crippen MR) is 54.9 cm³/mol. The van der Waals surface area contributed by atoms with Crippen molar-refractivity contribution >= 4 is 0 Å². The van der Waals surface area contributed by atoms with Gasteiger partial charge in [-0.15, -0.1) is 0 Å². The number of aliphatic hydroxyl groups excluding tert-OH is 1. The average molecular weight is 210 g/mol. The zero-order chi connectivity index (χ0) is 10.7. The lowest BCUT2D eigenvalue weighted by molar-refractivity contribution is -0.0473. The fourth-order valence-electron chi connectivity index (χ4n) is 2.08. The summed E-state index contributed by atoms with van der Waals surface area (Å²) in [6.07, 6.45) is 1.55. The first kappa shape index (κ1) is 10.6. The van der Waals surface area contributed by atoms with E-state index in [0.717, 1.165) is 12.8 Å². The van der Waals surface area contributed by atoms with Crippen LogP contribution in [0.2, 0.25) is 0 Å². The van der Waals surface area contributed by atoms with E-state index in [4.69, 9.17) is 4.74 Å². The number of aliphatic hydroxyl groups is 1. The van der Waals surface area contributed by atoms with Crippen molar-refractivity contribution in [2.45, 2.75) is 18.9 Å². The molecule has 1 saturated heterocycles. The smallest absolute Gasteiger partial charge is 0.129 e. The molecule has 0 radical (unpaired) electrons. The van der Waals surface area contributed by atoms with E-state index in [1.54, 1.807) is 18.2 Å². The van der Waals surface area contributed by atoms with Gasteiger partial charge in [0, 0.05) is 24.7 Å². The van der Waals surface area contributed by atoms with Crippen molar-refractivity contribution in [1.82, 2.24) is 0 Å². The van der Waals surface area contributed by atoms with Gasteiger partial charge in [0.2, 0.25) is 0 Å². The topological polar surface area (TPSA) is 29.5 Å². The lowest BCUT2D eigenvalue weighted by Crippen LogP contribution is -2.25. The Morgan fingerprint density at radius 3 is 2.93 bits per heavy atom. The number of ether oxygens (including phenoxy) is 1. The van der Waals surface area contributed by atoms with Crippen LogP contribution in [0.3, 0.4) is 0 Å². The molecule has 82 valence electrons. The predicted octanol–water partition coefficient (Wildman–Crippen LogP) is 2.29. The van der Waals surface area contributed by atoms with Crippen LogP contribution in [0.4, 0.5) is 4.39 Å². The first-order valence-corrected chi connectivity index (χ1v) is 5.30. The molecule has 1 heterocycles. The minimum absolute atomic E-state index is 0.0237. The third-order valence-electron chi connectivity index (χ3n) is 2.89. The zero-order valence-corrected chi connectivity index (χ0v) is 8.53. The third kappa shape index (κ3) is 2.19. The summed E-state index contributed by atoms with van der Waals surface area (Å²) in [5.41, 5.74) is 0.566. The summed E-state index contributed by atoms with van der Waals surface area (Å²) in [6.45, 7) is 0.703. The van der Waals surface area contributed by atoms with E-state index in [2.05, 4.69) is 0 Å². The summed E-state index contributed by atoms with van der Waals surface area (Å²) < 4.78 is 19.1. The first-order valence-electron chi connectivity index (χ1n) is 5.30. The van der Waals surface area contributed by atoms with Crippen LogP contribution in [0.25, 0.3) is 0 Å². The SMILES string of the molecule is OCC1CCCOC1c1ccccc1F. The summed E-state index contributed by atoms with van der Waals surface area (Å²) in [5, 5.41) is 9.21. The highest BCUT2D eigenvalue weighted by Crippen LogP contribution is 2.34. The van der Waals surface area contributed by atoms with Crippen LogP contribution in [0.1, 0.15) is 24.5 Å². The zero-order valence-electron chi connectivity index (χ0n) is 8.53. The highest BCUT2D eigenvalue weighted by Gasteiger charge is 2.28. The molecule has 0 saturated carbocycles. The maximum atomic E-state index is 13.5. The molecule has 0 aromatic heterocycles. The molecule has 1 aliphatic heterocycles. The molecule has 1 aromatic rings. The number of halogens is 1. The van der Waals surface area contributed by atoms with Crippen LogP contribution in [-0.2, 0) is 4.74 Å². The van der Waals surface area contributed by atoms with Crippen LogP contribution in [0.5, 0.6) is 0 Å². The Kier molecular flexibility index (Phi) is 3.34. The standard InChI is InChI=1S/C12H15FO2/c13-11-6-2-1-5-10(11)12-9(8-14)4-3-7-15-12/h1-2,5-6,9,12,14H,3-4,7-8H2. The van der Waals surface area contributed by atoms with E-state index < -0.39 is 0 Å². The van der Waals surface area contributed by atoms with Crippen molar-refractivity contribution in [2.24, 2.45) is 5.92 Å². The Balaban J connectivity index is 2.24. The molecule has 1 N–H and O–H groups in total. The second kappa shape index (κ2) is 4.73. The lowest BCUT2D eigenvalue weighted by Gasteiger charge is -2.30. The van der Waals surface area contributed by atoms with E-state index in [9.17, 15) is 9.50 Å². The number of benzene rings is 1. The molecule has 3 heteroatoms. The second-order valence-electron chi connectivity index (χ2n) is 3.90. The van der Waals surface area contributed by atoms with Crippen molar-refractivity contribution in [3.05, 3.63) is 35.6 Å². The average Bonchev–Trinajstić information content (AvgIpc) is 2.30. The van der Waals surface area contributed by atoms with Crippen molar-refractivity contribution < 1.29 is 14.2 Å². The molecule has 2 unspecified atom stereocenters. The van der Waals surface area contributed by atoms with Crippen molar-refractivity contribution in [3.63, 3.8) is 0 Å². The molecule has 2 nitrogen and oxygen atoms in total. The maximum absolute atomic E-state index is 13.5. The molecule has 0 amide bonds. The molecule has 1 aromatic carbocycles. The first-order chi connectivity index (χ1) is 7.33. The van der Waals surface area contributed by atoms with E-state index in [-0.39, 0.29) is 24.4 Å². The Hall–Kier alpha value is -0.930. The molecule has 2 atom stereocenters. The van der Waals surface area contributed by atoms with Gasteiger partial charge in [-0.2, -0.15) is 0 Å². The molecule has 0 aliphatic carbocycles. The van der Waals surface area contributed by atoms with Gasteiger partial charge in [-0.25, -0.2) is 4.39 Å². The molecule has 1 aliphatic rings. The van der Waals surface area contributed by atoms with E-state index in [1.165, 1.54) is 6.07 Å². The number of hydrogen-bond donors (Lipinski definition) is 1. The third-order valence-corrected chi connectivity index (χ3v) is 2.89. The van der Waals surface area contributed by atoms with E-state index >= 15 is 0 Å². The van der Waals surface area contributed by atoms with Crippen molar-refractivity contribution in [1.29, 1.82) is 0 Å².